The molecule has 0 saturated carbocycles. The van der Waals surface area contributed by atoms with Crippen molar-refractivity contribution in [2.24, 2.45) is 0 Å². The number of carbonyl (C=O) groups is 1. The van der Waals surface area contributed by atoms with Gasteiger partial charge in [0.15, 0.2) is 11.5 Å². The van der Waals surface area contributed by atoms with Gasteiger partial charge in [0.1, 0.15) is 24.7 Å². The number of para-hydroxylation sites is 2. The SMILES string of the molecule is COc1ccccc1NC(=O)C1=C(C)Nc2ncnn2C1c1ccc(OCc2ccccc2C)c(OC)c1. The topological polar surface area (TPSA) is 99.5 Å². The number of allylic oxidation sites excluding steroid dienone is 1. The van der Waals surface area contributed by atoms with Gasteiger partial charge in [0.2, 0.25) is 5.95 Å². The van der Waals surface area contributed by atoms with Crippen LogP contribution in [0, 0.1) is 6.92 Å². The van der Waals surface area contributed by atoms with Crippen LogP contribution in [-0.2, 0) is 11.4 Å². The van der Waals surface area contributed by atoms with E-state index in [1.54, 1.807) is 31.0 Å². The smallest absolute Gasteiger partial charge is 0.255 e. The summed E-state index contributed by atoms with van der Waals surface area (Å²) in [7, 11) is 3.16. The third kappa shape index (κ3) is 4.78. The molecule has 194 valence electrons. The van der Waals surface area contributed by atoms with Crippen molar-refractivity contribution in [2.75, 3.05) is 24.9 Å². The lowest BCUT2D eigenvalue weighted by Gasteiger charge is -2.29. The first kappa shape index (κ1) is 24.9. The monoisotopic (exact) mass is 511 g/mol. The number of nitrogens with zero attached hydrogens (tertiary/aromatic N) is 3. The number of rotatable bonds is 8. The van der Waals surface area contributed by atoms with Gasteiger partial charge < -0.3 is 24.8 Å². The molecule has 0 bridgehead atoms. The number of nitrogens with one attached hydrogen (secondary N) is 2. The molecule has 0 radical (unpaired) electrons. The Morgan fingerprint density at radius 2 is 1.74 bits per heavy atom. The quantitative estimate of drug-likeness (QED) is 0.339. The molecular weight excluding hydrogens is 482 g/mol. The van der Waals surface area contributed by atoms with Crippen LogP contribution in [0.3, 0.4) is 0 Å². The Labute approximate surface area is 221 Å². The van der Waals surface area contributed by atoms with E-state index in [0.29, 0.717) is 46.8 Å². The minimum absolute atomic E-state index is 0.288. The molecule has 1 atom stereocenters. The minimum Gasteiger partial charge on any atom is -0.495 e. The zero-order chi connectivity index (χ0) is 26.6. The van der Waals surface area contributed by atoms with E-state index in [9.17, 15) is 4.79 Å². The Morgan fingerprint density at radius 3 is 2.53 bits per heavy atom. The molecule has 1 unspecified atom stereocenters. The number of ether oxygens (including phenoxy) is 3. The molecule has 0 aliphatic carbocycles. The second-order valence-electron chi connectivity index (χ2n) is 8.87. The molecule has 2 N–H and O–H groups in total. The average molecular weight is 512 g/mol. The van der Waals surface area contributed by atoms with E-state index in [2.05, 4.69) is 33.7 Å². The van der Waals surface area contributed by atoms with Crippen LogP contribution in [0.25, 0.3) is 0 Å². The maximum absolute atomic E-state index is 13.7. The predicted octanol–water partition coefficient (Wildman–Crippen LogP) is 5.11. The summed E-state index contributed by atoms with van der Waals surface area (Å²) < 4.78 is 18.9. The molecule has 9 nitrogen and oxygen atoms in total. The molecule has 38 heavy (non-hydrogen) atoms. The standard InChI is InChI=1S/C29H29N5O4/c1-18-9-5-6-10-21(18)16-38-24-14-13-20(15-25(24)37-4)27-26(19(2)32-29-30-17-31-34(27)29)28(35)33-22-11-7-8-12-23(22)36-3/h5-15,17,27H,16H2,1-4H3,(H,33,35)(H,30,31,32). The summed E-state index contributed by atoms with van der Waals surface area (Å²) in [5.74, 6) is 1.98. The number of hydrogen-bond acceptors (Lipinski definition) is 7. The Bertz CT molecular complexity index is 1510. The lowest BCUT2D eigenvalue weighted by Crippen LogP contribution is -2.31. The molecule has 1 aromatic heterocycles. The highest BCUT2D eigenvalue weighted by atomic mass is 16.5. The Balaban J connectivity index is 1.49. The van der Waals surface area contributed by atoms with Gasteiger partial charge in [-0.25, -0.2) is 4.68 Å². The van der Waals surface area contributed by atoms with Crippen molar-refractivity contribution in [3.8, 4) is 17.2 Å². The van der Waals surface area contributed by atoms with Crippen LogP contribution in [-0.4, -0.2) is 34.9 Å². The summed E-state index contributed by atoms with van der Waals surface area (Å²) in [6.07, 6.45) is 1.46. The first-order valence-electron chi connectivity index (χ1n) is 12.2. The van der Waals surface area contributed by atoms with Crippen LogP contribution in [0.2, 0.25) is 0 Å². The van der Waals surface area contributed by atoms with E-state index in [-0.39, 0.29) is 5.91 Å². The van der Waals surface area contributed by atoms with Crippen LogP contribution in [0.5, 0.6) is 17.2 Å². The Kier molecular flexibility index (Phi) is 6.99. The molecule has 0 spiro atoms. The molecule has 5 rings (SSSR count). The average Bonchev–Trinajstić information content (AvgIpc) is 3.40. The van der Waals surface area contributed by atoms with Crippen LogP contribution in [0.1, 0.15) is 29.7 Å². The minimum atomic E-state index is -0.553. The van der Waals surface area contributed by atoms with Crippen LogP contribution >= 0.6 is 0 Å². The lowest BCUT2D eigenvalue weighted by molar-refractivity contribution is -0.113. The van der Waals surface area contributed by atoms with Gasteiger partial charge in [0, 0.05) is 5.70 Å². The molecule has 0 fully saturated rings. The van der Waals surface area contributed by atoms with Gasteiger partial charge in [-0.3, -0.25) is 4.79 Å². The molecule has 2 heterocycles. The summed E-state index contributed by atoms with van der Waals surface area (Å²) in [4.78, 5) is 18.0. The number of methoxy groups -OCH3 is 2. The van der Waals surface area contributed by atoms with Gasteiger partial charge >= 0.3 is 0 Å². The fourth-order valence-electron chi connectivity index (χ4n) is 4.53. The molecule has 1 amide bonds. The van der Waals surface area contributed by atoms with E-state index in [4.69, 9.17) is 14.2 Å². The van der Waals surface area contributed by atoms with Crippen molar-refractivity contribution < 1.29 is 19.0 Å². The second-order valence-corrected chi connectivity index (χ2v) is 8.87. The number of benzene rings is 3. The first-order valence-corrected chi connectivity index (χ1v) is 12.2. The highest BCUT2D eigenvalue weighted by molar-refractivity contribution is 6.06. The third-order valence-electron chi connectivity index (χ3n) is 6.54. The zero-order valence-corrected chi connectivity index (χ0v) is 21.7. The van der Waals surface area contributed by atoms with Crippen molar-refractivity contribution in [3.63, 3.8) is 0 Å². The van der Waals surface area contributed by atoms with E-state index < -0.39 is 6.04 Å². The number of amides is 1. The summed E-state index contributed by atoms with van der Waals surface area (Å²) >= 11 is 0. The number of hydrogen-bond donors (Lipinski definition) is 2. The van der Waals surface area contributed by atoms with Gasteiger partial charge in [0.25, 0.3) is 5.91 Å². The number of carbonyl (C=O) groups excluding carboxylic acids is 1. The van der Waals surface area contributed by atoms with Crippen molar-refractivity contribution in [2.45, 2.75) is 26.5 Å². The number of anilines is 2. The van der Waals surface area contributed by atoms with E-state index in [0.717, 1.165) is 16.7 Å². The van der Waals surface area contributed by atoms with Gasteiger partial charge in [0.05, 0.1) is 25.5 Å². The summed E-state index contributed by atoms with van der Waals surface area (Å²) in [5, 5.41) is 10.6. The van der Waals surface area contributed by atoms with Crippen molar-refractivity contribution in [1.29, 1.82) is 0 Å². The van der Waals surface area contributed by atoms with Gasteiger partial charge in [-0.1, -0.05) is 42.5 Å². The van der Waals surface area contributed by atoms with Crippen LogP contribution in [0.4, 0.5) is 11.6 Å². The lowest BCUT2D eigenvalue weighted by atomic mass is 9.94. The van der Waals surface area contributed by atoms with Crippen molar-refractivity contribution >= 4 is 17.5 Å². The molecular formula is C29H29N5O4. The van der Waals surface area contributed by atoms with Crippen molar-refractivity contribution in [3.05, 3.63) is 101 Å². The summed E-state index contributed by atoms with van der Waals surface area (Å²) in [5.41, 5.74) is 4.77. The molecule has 0 saturated heterocycles. The maximum Gasteiger partial charge on any atom is 0.255 e. The highest BCUT2D eigenvalue weighted by Crippen LogP contribution is 2.39. The summed E-state index contributed by atoms with van der Waals surface area (Å²) in [6.45, 7) is 4.31. The first-order chi connectivity index (χ1) is 18.5. The normalized spacial score (nSPS) is 14.4. The summed E-state index contributed by atoms with van der Waals surface area (Å²) in [6, 6.07) is 20.5. The van der Waals surface area contributed by atoms with Crippen molar-refractivity contribution in [1.82, 2.24) is 14.8 Å². The molecule has 3 aromatic carbocycles. The molecule has 1 aliphatic heterocycles. The van der Waals surface area contributed by atoms with E-state index in [1.807, 2.05) is 55.5 Å². The van der Waals surface area contributed by atoms with Gasteiger partial charge in [-0.05, 0) is 54.8 Å². The van der Waals surface area contributed by atoms with Crippen LogP contribution in [0.15, 0.2) is 84.3 Å². The fraction of sp³-hybridized carbons (Fsp3) is 0.207. The highest BCUT2D eigenvalue weighted by Gasteiger charge is 2.34. The third-order valence-corrected chi connectivity index (χ3v) is 6.54. The second kappa shape index (κ2) is 10.7. The number of aromatic nitrogens is 3. The molecule has 9 heteroatoms. The molecule has 4 aromatic rings. The fourth-order valence-corrected chi connectivity index (χ4v) is 4.53. The van der Waals surface area contributed by atoms with Gasteiger partial charge in [-0.2, -0.15) is 10.1 Å². The Hall–Kier alpha value is -4.79. The van der Waals surface area contributed by atoms with E-state index >= 15 is 0 Å². The van der Waals surface area contributed by atoms with Crippen LogP contribution < -0.4 is 24.8 Å². The number of aryl methyl sites for hydroxylation is 1. The largest absolute Gasteiger partial charge is 0.495 e. The predicted molar refractivity (Wildman–Crippen MR) is 145 cm³/mol. The maximum atomic E-state index is 13.7. The number of fused-ring (bicyclic) bond motifs is 1. The molecule has 1 aliphatic rings. The van der Waals surface area contributed by atoms with E-state index in [1.165, 1.54) is 6.33 Å². The zero-order valence-electron chi connectivity index (χ0n) is 21.7. The van der Waals surface area contributed by atoms with Gasteiger partial charge in [-0.15, -0.1) is 0 Å². The Morgan fingerprint density at radius 1 is 0.974 bits per heavy atom.